The maximum Gasteiger partial charge on any atom is 0.241 e. The number of benzene rings is 1. The Morgan fingerprint density at radius 2 is 2.20 bits per heavy atom. The summed E-state index contributed by atoms with van der Waals surface area (Å²) in [6.07, 6.45) is 1.57. The van der Waals surface area contributed by atoms with Crippen LogP contribution >= 0.6 is 11.6 Å². The van der Waals surface area contributed by atoms with E-state index in [4.69, 9.17) is 16.0 Å². The van der Waals surface area contributed by atoms with Crippen molar-refractivity contribution in [2.75, 3.05) is 24.5 Å². The summed E-state index contributed by atoms with van der Waals surface area (Å²) in [5, 5.41) is 3.40. The van der Waals surface area contributed by atoms with Crippen molar-refractivity contribution in [2.24, 2.45) is 0 Å². The zero-order valence-corrected chi connectivity index (χ0v) is 14.7. The minimum Gasteiger partial charge on any atom is -0.467 e. The summed E-state index contributed by atoms with van der Waals surface area (Å²) < 4.78 is 5.18. The van der Waals surface area contributed by atoms with Crippen LogP contribution in [0.4, 0.5) is 5.69 Å². The summed E-state index contributed by atoms with van der Waals surface area (Å²) in [5.41, 5.74) is 0.784. The van der Waals surface area contributed by atoms with Gasteiger partial charge in [-0.05, 0) is 37.3 Å². The van der Waals surface area contributed by atoms with Crippen molar-refractivity contribution in [1.29, 1.82) is 0 Å². The first kappa shape index (κ1) is 17.5. The highest BCUT2D eigenvalue weighted by molar-refractivity contribution is 6.30. The number of nitrogens with one attached hydrogen (secondary N) is 1. The van der Waals surface area contributed by atoms with Crippen LogP contribution in [0, 0.1) is 0 Å². The highest BCUT2D eigenvalue weighted by Crippen LogP contribution is 2.23. The van der Waals surface area contributed by atoms with E-state index in [-0.39, 0.29) is 30.9 Å². The van der Waals surface area contributed by atoms with Crippen molar-refractivity contribution >= 4 is 29.1 Å². The third-order valence-corrected chi connectivity index (χ3v) is 4.45. The van der Waals surface area contributed by atoms with Gasteiger partial charge in [-0.3, -0.25) is 14.5 Å². The molecular formula is C18H20ClN3O3. The number of furan rings is 1. The number of carbonyl (C=O) groups is 2. The Morgan fingerprint density at radius 3 is 2.92 bits per heavy atom. The average Bonchev–Trinajstić information content (AvgIpc) is 3.09. The normalized spacial score (nSPS) is 18.4. The van der Waals surface area contributed by atoms with Crippen molar-refractivity contribution in [3.05, 3.63) is 53.4 Å². The van der Waals surface area contributed by atoms with Gasteiger partial charge >= 0.3 is 0 Å². The fourth-order valence-electron chi connectivity index (χ4n) is 2.84. The number of anilines is 1. The lowest BCUT2D eigenvalue weighted by Crippen LogP contribution is -2.57. The molecule has 0 bridgehead atoms. The van der Waals surface area contributed by atoms with Gasteiger partial charge in [0.05, 0.1) is 25.9 Å². The molecule has 3 rings (SSSR count). The molecule has 1 N–H and O–H groups in total. The smallest absolute Gasteiger partial charge is 0.241 e. The Labute approximate surface area is 151 Å². The Bertz CT molecular complexity index is 748. The molecule has 0 radical (unpaired) electrons. The summed E-state index contributed by atoms with van der Waals surface area (Å²) in [4.78, 5) is 28.2. The molecular weight excluding hydrogens is 342 g/mol. The third kappa shape index (κ3) is 4.41. The summed E-state index contributed by atoms with van der Waals surface area (Å²) in [6, 6.07) is 10.9. The first-order valence-electron chi connectivity index (χ1n) is 8.12. The van der Waals surface area contributed by atoms with Gasteiger partial charge in [0, 0.05) is 23.3 Å². The van der Waals surface area contributed by atoms with Crippen molar-refractivity contribution in [3.63, 3.8) is 0 Å². The molecule has 7 heteroatoms. The van der Waals surface area contributed by atoms with E-state index < -0.39 is 0 Å². The number of piperazine rings is 1. The van der Waals surface area contributed by atoms with Gasteiger partial charge in [-0.1, -0.05) is 17.7 Å². The Balaban J connectivity index is 1.56. The second kappa shape index (κ2) is 7.72. The lowest BCUT2D eigenvalue weighted by atomic mass is 10.1. The lowest BCUT2D eigenvalue weighted by molar-refractivity contribution is -0.126. The van der Waals surface area contributed by atoms with Gasteiger partial charge in [0.25, 0.3) is 0 Å². The van der Waals surface area contributed by atoms with Crippen LogP contribution < -0.4 is 10.2 Å². The summed E-state index contributed by atoms with van der Waals surface area (Å²) >= 11 is 6.01. The van der Waals surface area contributed by atoms with E-state index in [0.29, 0.717) is 23.9 Å². The molecule has 0 aliphatic carbocycles. The monoisotopic (exact) mass is 361 g/mol. The second-order valence-electron chi connectivity index (χ2n) is 6.09. The largest absolute Gasteiger partial charge is 0.467 e. The molecule has 1 fully saturated rings. The van der Waals surface area contributed by atoms with Crippen LogP contribution in [-0.4, -0.2) is 42.4 Å². The molecule has 1 aromatic heterocycles. The minimum atomic E-state index is -0.132. The summed E-state index contributed by atoms with van der Waals surface area (Å²) in [7, 11) is 0. The van der Waals surface area contributed by atoms with Crippen molar-refractivity contribution in [3.8, 4) is 0 Å². The highest BCUT2D eigenvalue weighted by Gasteiger charge is 2.31. The molecule has 0 unspecified atom stereocenters. The molecule has 1 atom stereocenters. The quantitative estimate of drug-likeness (QED) is 0.887. The van der Waals surface area contributed by atoms with Gasteiger partial charge < -0.3 is 14.6 Å². The molecule has 2 aromatic rings. The van der Waals surface area contributed by atoms with Crippen molar-refractivity contribution < 1.29 is 14.0 Å². The number of hydrogen-bond donors (Lipinski definition) is 1. The van der Waals surface area contributed by atoms with Crippen molar-refractivity contribution in [1.82, 2.24) is 10.2 Å². The molecule has 1 aromatic carbocycles. The van der Waals surface area contributed by atoms with E-state index in [9.17, 15) is 9.59 Å². The maximum absolute atomic E-state index is 12.5. The van der Waals surface area contributed by atoms with Gasteiger partial charge in [-0.2, -0.15) is 0 Å². The molecule has 1 saturated heterocycles. The zero-order chi connectivity index (χ0) is 17.8. The SMILES string of the molecule is C[C@@H]1CN(c2cccc(Cl)c2)C(=O)CN1CC(=O)NCc1ccco1. The fourth-order valence-corrected chi connectivity index (χ4v) is 3.03. The zero-order valence-electron chi connectivity index (χ0n) is 13.9. The second-order valence-corrected chi connectivity index (χ2v) is 6.53. The lowest BCUT2D eigenvalue weighted by Gasteiger charge is -2.39. The maximum atomic E-state index is 12.5. The number of halogens is 1. The molecule has 1 aliphatic rings. The van der Waals surface area contributed by atoms with Gasteiger partial charge in [0.2, 0.25) is 11.8 Å². The van der Waals surface area contributed by atoms with Gasteiger partial charge in [-0.25, -0.2) is 0 Å². The molecule has 0 spiro atoms. The topological polar surface area (TPSA) is 65.8 Å². The van der Waals surface area contributed by atoms with E-state index in [0.717, 1.165) is 5.69 Å². The van der Waals surface area contributed by atoms with E-state index in [1.165, 1.54) is 0 Å². The van der Waals surface area contributed by atoms with Crippen LogP contribution in [0.15, 0.2) is 47.1 Å². The molecule has 2 amide bonds. The van der Waals surface area contributed by atoms with Crippen LogP contribution in [0.2, 0.25) is 5.02 Å². The van der Waals surface area contributed by atoms with Crippen LogP contribution in [0.5, 0.6) is 0 Å². The van der Waals surface area contributed by atoms with Crippen LogP contribution in [0.3, 0.4) is 0 Å². The van der Waals surface area contributed by atoms with Gasteiger partial charge in [0.15, 0.2) is 0 Å². The van der Waals surface area contributed by atoms with Gasteiger partial charge in [0.1, 0.15) is 5.76 Å². The van der Waals surface area contributed by atoms with Crippen LogP contribution in [0.25, 0.3) is 0 Å². The third-order valence-electron chi connectivity index (χ3n) is 4.22. The fraction of sp³-hybridized carbons (Fsp3) is 0.333. The summed E-state index contributed by atoms with van der Waals surface area (Å²) in [5.74, 6) is 0.523. The number of amides is 2. The van der Waals surface area contributed by atoms with E-state index >= 15 is 0 Å². The molecule has 132 valence electrons. The highest BCUT2D eigenvalue weighted by atomic mass is 35.5. The Kier molecular flexibility index (Phi) is 5.40. The standard InChI is InChI=1S/C18H20ClN3O3/c1-13-10-22(15-5-2-4-14(19)8-15)18(24)12-21(13)11-17(23)20-9-16-6-3-7-25-16/h2-8,13H,9-12H2,1H3,(H,20,23)/t13-/m1/s1. The minimum absolute atomic E-state index is 0.0424. The first-order chi connectivity index (χ1) is 12.0. The number of rotatable bonds is 5. The first-order valence-corrected chi connectivity index (χ1v) is 8.50. The molecule has 2 heterocycles. The molecule has 0 saturated carbocycles. The number of carbonyl (C=O) groups excluding carboxylic acids is 2. The Morgan fingerprint density at radius 1 is 1.36 bits per heavy atom. The summed E-state index contributed by atoms with van der Waals surface area (Å²) in [6.45, 7) is 3.24. The van der Waals surface area contributed by atoms with E-state index in [1.54, 1.807) is 35.4 Å². The predicted molar refractivity (Wildman–Crippen MR) is 95.4 cm³/mol. The number of nitrogens with zero attached hydrogens (tertiary/aromatic N) is 2. The predicted octanol–water partition coefficient (Wildman–Crippen LogP) is 2.29. The van der Waals surface area contributed by atoms with Crippen LogP contribution in [0.1, 0.15) is 12.7 Å². The molecule has 25 heavy (non-hydrogen) atoms. The average molecular weight is 362 g/mol. The number of hydrogen-bond acceptors (Lipinski definition) is 4. The van der Waals surface area contributed by atoms with Crippen LogP contribution in [-0.2, 0) is 16.1 Å². The van der Waals surface area contributed by atoms with Crippen molar-refractivity contribution in [2.45, 2.75) is 19.5 Å². The molecule has 6 nitrogen and oxygen atoms in total. The van der Waals surface area contributed by atoms with Gasteiger partial charge in [-0.15, -0.1) is 0 Å². The van der Waals surface area contributed by atoms with E-state index in [2.05, 4.69) is 5.32 Å². The molecule has 1 aliphatic heterocycles. The van der Waals surface area contributed by atoms with E-state index in [1.807, 2.05) is 24.0 Å². The Hall–Kier alpha value is -2.31.